The maximum atomic E-state index is 5.49. The second kappa shape index (κ2) is 3.45. The molecule has 2 atom stereocenters. The van der Waals surface area contributed by atoms with Gasteiger partial charge in [-0.1, -0.05) is 18.6 Å². The molecule has 0 saturated heterocycles. The maximum Gasteiger partial charge on any atom is 0.0955 e. The van der Waals surface area contributed by atoms with Crippen LogP contribution in [0.3, 0.4) is 0 Å². The molecule has 1 heteroatoms. The van der Waals surface area contributed by atoms with Crippen molar-refractivity contribution in [1.29, 1.82) is 0 Å². The molecule has 0 spiro atoms. The average Bonchev–Trinajstić information content (AvgIpc) is 2.14. The first kappa shape index (κ1) is 9.82. The van der Waals surface area contributed by atoms with Crippen LogP contribution in [0.1, 0.15) is 39.5 Å². The van der Waals surface area contributed by atoms with Crippen molar-refractivity contribution in [2.75, 3.05) is 7.11 Å². The Morgan fingerprint density at radius 3 is 3.00 bits per heavy atom. The van der Waals surface area contributed by atoms with Gasteiger partial charge in [-0.3, -0.25) is 0 Å². The zero-order valence-electron chi connectivity index (χ0n) is 9.47. The Kier molecular flexibility index (Phi) is 2.42. The van der Waals surface area contributed by atoms with Gasteiger partial charge in [0.05, 0.1) is 12.9 Å². The van der Waals surface area contributed by atoms with Gasteiger partial charge in [-0.25, -0.2) is 0 Å². The summed E-state index contributed by atoms with van der Waals surface area (Å²) >= 11 is 0. The summed E-state index contributed by atoms with van der Waals surface area (Å²) in [6, 6.07) is 0. The Labute approximate surface area is 86.8 Å². The summed E-state index contributed by atoms with van der Waals surface area (Å²) in [6.07, 6.45) is 9.70. The molecule has 2 aliphatic carbocycles. The summed E-state index contributed by atoms with van der Waals surface area (Å²) in [4.78, 5) is 0. The van der Waals surface area contributed by atoms with Crippen LogP contribution in [0.5, 0.6) is 0 Å². The molecule has 1 nitrogen and oxygen atoms in total. The molecule has 14 heavy (non-hydrogen) atoms. The molecular formula is C13H20O. The first-order valence-corrected chi connectivity index (χ1v) is 5.58. The van der Waals surface area contributed by atoms with E-state index in [1.807, 2.05) is 7.11 Å². The predicted octanol–water partition coefficient (Wildman–Crippen LogP) is 3.67. The maximum absolute atomic E-state index is 5.49. The number of fused-ring (bicyclic) bond motifs is 1. The molecule has 0 heterocycles. The van der Waals surface area contributed by atoms with Crippen LogP contribution in [-0.4, -0.2) is 7.11 Å². The molecule has 0 aromatic rings. The lowest BCUT2D eigenvalue weighted by Crippen LogP contribution is -2.33. The molecule has 0 aliphatic heterocycles. The number of rotatable bonds is 1. The van der Waals surface area contributed by atoms with Gasteiger partial charge in [0.15, 0.2) is 0 Å². The highest BCUT2D eigenvalue weighted by molar-refractivity contribution is 5.22. The van der Waals surface area contributed by atoms with E-state index in [1.165, 1.54) is 31.4 Å². The Hall–Kier alpha value is -0.720. The van der Waals surface area contributed by atoms with Gasteiger partial charge < -0.3 is 4.74 Å². The predicted molar refractivity (Wildman–Crippen MR) is 58.9 cm³/mol. The largest absolute Gasteiger partial charge is 0.501 e. The van der Waals surface area contributed by atoms with Gasteiger partial charge in [0, 0.05) is 5.92 Å². The third-order valence-electron chi connectivity index (χ3n) is 3.81. The SMILES string of the molecule is COC1=CCC[C@@]2(C)C=C(C)CC[C@@H]12. The first-order valence-electron chi connectivity index (χ1n) is 5.58. The monoisotopic (exact) mass is 192 g/mol. The van der Waals surface area contributed by atoms with Gasteiger partial charge in [-0.05, 0) is 44.1 Å². The topological polar surface area (TPSA) is 9.23 Å². The first-order chi connectivity index (χ1) is 6.65. The van der Waals surface area contributed by atoms with Crippen molar-refractivity contribution in [2.45, 2.75) is 39.5 Å². The highest BCUT2D eigenvalue weighted by Gasteiger charge is 2.39. The molecule has 0 bridgehead atoms. The lowest BCUT2D eigenvalue weighted by atomic mass is 9.64. The van der Waals surface area contributed by atoms with Crippen LogP contribution in [0.4, 0.5) is 0 Å². The summed E-state index contributed by atoms with van der Waals surface area (Å²) in [6.45, 7) is 4.64. The fourth-order valence-corrected chi connectivity index (χ4v) is 3.04. The fraction of sp³-hybridized carbons (Fsp3) is 0.692. The molecule has 0 aromatic carbocycles. The molecule has 0 unspecified atom stereocenters. The third-order valence-corrected chi connectivity index (χ3v) is 3.81. The van der Waals surface area contributed by atoms with Gasteiger partial charge in [0.2, 0.25) is 0 Å². The van der Waals surface area contributed by atoms with Crippen molar-refractivity contribution >= 4 is 0 Å². The highest BCUT2D eigenvalue weighted by atomic mass is 16.5. The van der Waals surface area contributed by atoms with Gasteiger partial charge >= 0.3 is 0 Å². The van der Waals surface area contributed by atoms with Crippen molar-refractivity contribution in [3.63, 3.8) is 0 Å². The lowest BCUT2D eigenvalue weighted by molar-refractivity contribution is 0.133. The second-order valence-corrected chi connectivity index (χ2v) is 4.94. The zero-order chi connectivity index (χ0) is 10.2. The quantitative estimate of drug-likeness (QED) is 0.576. The number of methoxy groups -OCH3 is 1. The third kappa shape index (κ3) is 1.49. The van der Waals surface area contributed by atoms with Crippen LogP contribution in [0.25, 0.3) is 0 Å². The van der Waals surface area contributed by atoms with Gasteiger partial charge in [0.1, 0.15) is 0 Å². The molecule has 2 aliphatic rings. The minimum Gasteiger partial charge on any atom is -0.501 e. The zero-order valence-corrected chi connectivity index (χ0v) is 9.47. The van der Waals surface area contributed by atoms with E-state index in [4.69, 9.17) is 4.74 Å². The van der Waals surface area contributed by atoms with Crippen LogP contribution >= 0.6 is 0 Å². The van der Waals surface area contributed by atoms with Gasteiger partial charge in [-0.2, -0.15) is 0 Å². The molecule has 0 radical (unpaired) electrons. The minimum absolute atomic E-state index is 0.364. The molecule has 78 valence electrons. The molecule has 0 N–H and O–H groups in total. The van der Waals surface area contributed by atoms with Crippen LogP contribution in [0.15, 0.2) is 23.5 Å². The van der Waals surface area contributed by atoms with E-state index in [9.17, 15) is 0 Å². The van der Waals surface area contributed by atoms with Crippen LogP contribution in [-0.2, 0) is 4.74 Å². The van der Waals surface area contributed by atoms with Gasteiger partial charge in [0.25, 0.3) is 0 Å². The van der Waals surface area contributed by atoms with Crippen molar-refractivity contribution in [1.82, 2.24) is 0 Å². The van der Waals surface area contributed by atoms with E-state index in [0.717, 1.165) is 0 Å². The molecule has 0 aromatic heterocycles. The van der Waals surface area contributed by atoms with Crippen molar-refractivity contribution < 1.29 is 4.74 Å². The Balaban J connectivity index is 2.32. The Morgan fingerprint density at radius 1 is 1.50 bits per heavy atom. The smallest absolute Gasteiger partial charge is 0.0955 e. The van der Waals surface area contributed by atoms with Crippen LogP contribution in [0, 0.1) is 11.3 Å². The van der Waals surface area contributed by atoms with E-state index in [1.54, 1.807) is 5.57 Å². The number of ether oxygens (including phenoxy) is 1. The number of hydrogen-bond acceptors (Lipinski definition) is 1. The lowest BCUT2D eigenvalue weighted by Gasteiger charge is -2.42. The summed E-state index contributed by atoms with van der Waals surface area (Å²) in [7, 11) is 1.81. The average molecular weight is 192 g/mol. The normalized spacial score (nSPS) is 36.9. The van der Waals surface area contributed by atoms with Crippen molar-refractivity contribution in [3.05, 3.63) is 23.5 Å². The van der Waals surface area contributed by atoms with E-state index in [0.29, 0.717) is 11.3 Å². The van der Waals surface area contributed by atoms with Gasteiger partial charge in [-0.15, -0.1) is 0 Å². The van der Waals surface area contributed by atoms with E-state index in [-0.39, 0.29) is 0 Å². The molecule has 0 fully saturated rings. The Bertz CT molecular complexity index is 288. The molecule has 2 rings (SSSR count). The summed E-state index contributed by atoms with van der Waals surface area (Å²) in [5, 5.41) is 0. The Morgan fingerprint density at radius 2 is 2.29 bits per heavy atom. The van der Waals surface area contributed by atoms with E-state index >= 15 is 0 Å². The fourth-order valence-electron chi connectivity index (χ4n) is 3.04. The molecule has 0 amide bonds. The summed E-state index contributed by atoms with van der Waals surface area (Å²) in [5.74, 6) is 1.85. The second-order valence-electron chi connectivity index (χ2n) is 4.94. The number of hydrogen-bond donors (Lipinski definition) is 0. The molecular weight excluding hydrogens is 172 g/mol. The van der Waals surface area contributed by atoms with E-state index < -0.39 is 0 Å². The summed E-state index contributed by atoms with van der Waals surface area (Å²) < 4.78 is 5.49. The van der Waals surface area contributed by atoms with Crippen molar-refractivity contribution in [3.8, 4) is 0 Å². The highest BCUT2D eigenvalue weighted by Crippen LogP contribution is 2.48. The molecule has 0 saturated carbocycles. The van der Waals surface area contributed by atoms with E-state index in [2.05, 4.69) is 26.0 Å². The number of allylic oxidation sites excluding steroid dienone is 4. The van der Waals surface area contributed by atoms with Crippen LogP contribution in [0.2, 0.25) is 0 Å². The van der Waals surface area contributed by atoms with Crippen molar-refractivity contribution in [2.24, 2.45) is 11.3 Å². The standard InChI is InChI=1S/C13H20O/c1-10-6-7-11-12(14-3)5-4-8-13(11,2)9-10/h5,9,11H,4,6-8H2,1-3H3/t11-,13-/m0/s1. The minimum atomic E-state index is 0.364. The van der Waals surface area contributed by atoms with Crippen LogP contribution < -0.4 is 0 Å². The summed E-state index contributed by atoms with van der Waals surface area (Å²) in [5.41, 5.74) is 1.92.